The summed E-state index contributed by atoms with van der Waals surface area (Å²) in [4.78, 5) is 0. The van der Waals surface area contributed by atoms with Crippen molar-refractivity contribution in [3.8, 4) is 0 Å². The van der Waals surface area contributed by atoms with Gasteiger partial charge in [0, 0.05) is 38.8 Å². The third-order valence-corrected chi connectivity index (χ3v) is 5.42. The third-order valence-electron chi connectivity index (χ3n) is 5.42. The van der Waals surface area contributed by atoms with E-state index >= 15 is 0 Å². The van der Waals surface area contributed by atoms with E-state index in [0.29, 0.717) is 0 Å². The van der Waals surface area contributed by atoms with Crippen LogP contribution in [0.25, 0.3) is 0 Å². The molecule has 2 aromatic heterocycles. The van der Waals surface area contributed by atoms with Gasteiger partial charge in [0.1, 0.15) is 23.3 Å². The minimum absolute atomic E-state index is 1.04. The second kappa shape index (κ2) is 7.45. The van der Waals surface area contributed by atoms with Gasteiger partial charge in [0.25, 0.3) is 0 Å². The second-order valence-corrected chi connectivity index (χ2v) is 7.20. The van der Waals surface area contributed by atoms with Crippen LogP contribution >= 0.6 is 0 Å². The normalized spacial score (nSPS) is 17.8. The largest absolute Gasteiger partial charge is 0.315 e. The van der Waals surface area contributed by atoms with Crippen LogP contribution in [0.15, 0.2) is 0 Å². The molecule has 6 heteroatoms. The van der Waals surface area contributed by atoms with E-state index in [2.05, 4.69) is 29.5 Å². The molecule has 0 saturated carbocycles. The Bertz CT molecular complexity index is 613. The Balaban J connectivity index is 1.31. The summed E-state index contributed by atoms with van der Waals surface area (Å²) >= 11 is 0. The molecule has 0 amide bonds. The van der Waals surface area contributed by atoms with Gasteiger partial charge >= 0.3 is 0 Å². The van der Waals surface area contributed by atoms with Gasteiger partial charge in [-0.15, -0.1) is 20.4 Å². The molecule has 130 valence electrons. The first kappa shape index (κ1) is 15.8. The van der Waals surface area contributed by atoms with Crippen LogP contribution in [0.2, 0.25) is 0 Å². The van der Waals surface area contributed by atoms with E-state index in [0.717, 1.165) is 51.6 Å². The predicted octanol–water partition coefficient (Wildman–Crippen LogP) is 2.89. The van der Waals surface area contributed by atoms with Crippen LogP contribution in [-0.2, 0) is 38.8 Å². The lowest BCUT2D eigenvalue weighted by atomic mass is 10.1. The Morgan fingerprint density at radius 1 is 0.583 bits per heavy atom. The van der Waals surface area contributed by atoms with Crippen molar-refractivity contribution in [1.29, 1.82) is 0 Å². The molecule has 0 radical (unpaired) electrons. The molecule has 0 unspecified atom stereocenters. The number of rotatable bonds is 5. The summed E-state index contributed by atoms with van der Waals surface area (Å²) in [5.74, 6) is 4.77. The molecule has 2 aliphatic heterocycles. The van der Waals surface area contributed by atoms with Crippen molar-refractivity contribution < 1.29 is 0 Å². The van der Waals surface area contributed by atoms with Crippen LogP contribution in [-0.4, -0.2) is 29.5 Å². The van der Waals surface area contributed by atoms with Crippen molar-refractivity contribution in [2.45, 2.75) is 90.1 Å². The van der Waals surface area contributed by atoms with Gasteiger partial charge < -0.3 is 9.13 Å². The average Bonchev–Trinajstić information content (AvgIpc) is 2.96. The summed E-state index contributed by atoms with van der Waals surface area (Å²) in [6, 6.07) is 0. The van der Waals surface area contributed by atoms with Crippen molar-refractivity contribution >= 4 is 0 Å². The predicted molar refractivity (Wildman–Crippen MR) is 91.8 cm³/mol. The van der Waals surface area contributed by atoms with Crippen molar-refractivity contribution in [3.05, 3.63) is 23.3 Å². The zero-order valence-electron chi connectivity index (χ0n) is 14.6. The van der Waals surface area contributed by atoms with Crippen molar-refractivity contribution in [2.24, 2.45) is 0 Å². The fraction of sp³-hybridized carbons (Fsp3) is 0.778. The van der Waals surface area contributed by atoms with Gasteiger partial charge in [-0.05, 0) is 38.5 Å². The van der Waals surface area contributed by atoms with E-state index in [4.69, 9.17) is 0 Å². The van der Waals surface area contributed by atoms with Gasteiger partial charge in [0.05, 0.1) is 0 Å². The molecule has 0 fully saturated rings. The molecular formula is C18H28N6. The minimum Gasteiger partial charge on any atom is -0.315 e. The summed E-state index contributed by atoms with van der Waals surface area (Å²) in [6.07, 6.45) is 14.3. The first-order valence-electron chi connectivity index (χ1n) is 9.74. The number of hydrogen-bond acceptors (Lipinski definition) is 4. The maximum absolute atomic E-state index is 4.44. The smallest absolute Gasteiger partial charge is 0.132 e. The number of aromatic nitrogens is 6. The lowest BCUT2D eigenvalue weighted by Gasteiger charge is -2.08. The SMILES string of the molecule is C1CCc2nnc(CCCCc3nnc4n3CCCCC4)n2CC1. The van der Waals surface area contributed by atoms with Gasteiger partial charge in [-0.2, -0.15) is 0 Å². The van der Waals surface area contributed by atoms with Gasteiger partial charge in [0.15, 0.2) is 0 Å². The molecular weight excluding hydrogens is 300 g/mol. The number of fused-ring (bicyclic) bond motifs is 2. The molecule has 0 spiro atoms. The van der Waals surface area contributed by atoms with Crippen molar-refractivity contribution in [1.82, 2.24) is 29.5 Å². The minimum atomic E-state index is 1.04. The molecule has 4 rings (SSSR count). The number of unbranched alkanes of at least 4 members (excludes halogenated alkanes) is 1. The van der Waals surface area contributed by atoms with Crippen LogP contribution in [0.1, 0.15) is 74.7 Å². The van der Waals surface area contributed by atoms with Gasteiger partial charge in [-0.3, -0.25) is 0 Å². The van der Waals surface area contributed by atoms with Crippen LogP contribution in [0.5, 0.6) is 0 Å². The lowest BCUT2D eigenvalue weighted by molar-refractivity contribution is 0.572. The van der Waals surface area contributed by atoms with E-state index < -0.39 is 0 Å². The van der Waals surface area contributed by atoms with Gasteiger partial charge in [0.2, 0.25) is 0 Å². The molecule has 2 aromatic rings. The molecule has 0 bridgehead atoms. The van der Waals surface area contributed by atoms with Crippen LogP contribution in [0, 0.1) is 0 Å². The van der Waals surface area contributed by atoms with E-state index in [1.54, 1.807) is 0 Å². The molecule has 24 heavy (non-hydrogen) atoms. The van der Waals surface area contributed by atoms with Gasteiger partial charge in [-0.1, -0.05) is 12.8 Å². The van der Waals surface area contributed by atoms with Crippen LogP contribution in [0.3, 0.4) is 0 Å². The summed E-state index contributed by atoms with van der Waals surface area (Å²) in [6.45, 7) is 2.21. The maximum Gasteiger partial charge on any atom is 0.132 e. The molecule has 0 aliphatic carbocycles. The zero-order chi connectivity index (χ0) is 16.2. The second-order valence-electron chi connectivity index (χ2n) is 7.20. The summed E-state index contributed by atoms with van der Waals surface area (Å²) in [7, 11) is 0. The Kier molecular flexibility index (Phi) is 4.90. The molecule has 2 aliphatic rings. The third kappa shape index (κ3) is 3.37. The van der Waals surface area contributed by atoms with Crippen LogP contribution < -0.4 is 0 Å². The fourth-order valence-corrected chi connectivity index (χ4v) is 4.03. The Hall–Kier alpha value is -1.72. The molecule has 0 atom stereocenters. The highest BCUT2D eigenvalue weighted by molar-refractivity contribution is 5.00. The quantitative estimate of drug-likeness (QED) is 0.792. The lowest BCUT2D eigenvalue weighted by Crippen LogP contribution is -2.08. The monoisotopic (exact) mass is 328 g/mol. The van der Waals surface area contributed by atoms with E-state index in [-0.39, 0.29) is 0 Å². The Morgan fingerprint density at radius 2 is 1.08 bits per heavy atom. The summed E-state index contributed by atoms with van der Waals surface area (Å²) in [5.41, 5.74) is 0. The van der Waals surface area contributed by atoms with E-state index in [9.17, 15) is 0 Å². The molecule has 6 nitrogen and oxygen atoms in total. The zero-order valence-corrected chi connectivity index (χ0v) is 14.6. The molecule has 0 aromatic carbocycles. The van der Waals surface area contributed by atoms with Crippen LogP contribution in [0.4, 0.5) is 0 Å². The van der Waals surface area contributed by atoms with E-state index in [1.807, 2.05) is 0 Å². The Labute approximate surface area is 143 Å². The standard InChI is InChI=1S/C18H28N6/c1-3-9-15-19-21-17(23(15)13-7-1)11-5-6-12-18-22-20-16-10-4-2-8-14-24(16)18/h1-14H2. The summed E-state index contributed by atoms with van der Waals surface area (Å²) < 4.78 is 4.74. The first-order valence-corrected chi connectivity index (χ1v) is 9.74. The first-order chi connectivity index (χ1) is 11.9. The highest BCUT2D eigenvalue weighted by atomic mass is 15.3. The van der Waals surface area contributed by atoms with Crippen molar-refractivity contribution in [2.75, 3.05) is 0 Å². The van der Waals surface area contributed by atoms with E-state index in [1.165, 1.54) is 61.8 Å². The topological polar surface area (TPSA) is 61.4 Å². The molecule has 4 heterocycles. The number of aryl methyl sites for hydroxylation is 4. The molecule has 0 saturated heterocycles. The number of nitrogens with zero attached hydrogens (tertiary/aromatic N) is 6. The highest BCUT2D eigenvalue weighted by Crippen LogP contribution is 2.18. The highest BCUT2D eigenvalue weighted by Gasteiger charge is 2.16. The Morgan fingerprint density at radius 3 is 1.58 bits per heavy atom. The van der Waals surface area contributed by atoms with Gasteiger partial charge in [-0.25, -0.2) is 0 Å². The number of hydrogen-bond donors (Lipinski definition) is 0. The summed E-state index contributed by atoms with van der Waals surface area (Å²) in [5, 5.41) is 17.7. The van der Waals surface area contributed by atoms with Crippen molar-refractivity contribution in [3.63, 3.8) is 0 Å². The fourth-order valence-electron chi connectivity index (χ4n) is 4.03. The molecule has 0 N–H and O–H groups in total. The average molecular weight is 328 g/mol. The maximum atomic E-state index is 4.44.